The number of rotatable bonds is 8. The molecule has 1 atom stereocenters. The van der Waals surface area contributed by atoms with Gasteiger partial charge in [-0.05, 0) is 66.9 Å². The van der Waals surface area contributed by atoms with Gasteiger partial charge >= 0.3 is 11.9 Å². The van der Waals surface area contributed by atoms with Crippen molar-refractivity contribution in [2.75, 3.05) is 0 Å². The molecule has 1 aromatic carbocycles. The Morgan fingerprint density at radius 3 is 2.06 bits per heavy atom. The van der Waals surface area contributed by atoms with Crippen LogP contribution in [0.3, 0.4) is 0 Å². The van der Waals surface area contributed by atoms with Crippen LogP contribution in [0, 0.1) is 10.8 Å². The average molecular weight is 448 g/mol. The molecular weight excluding hydrogens is 406 g/mol. The molecular formula is C26H41NO5. The fraction of sp³-hybridized carbons (Fsp3) is 0.692. The Labute approximate surface area is 193 Å². The maximum absolute atomic E-state index is 13.2. The molecule has 180 valence electrons. The summed E-state index contributed by atoms with van der Waals surface area (Å²) in [6.45, 7) is 15.4. The van der Waals surface area contributed by atoms with Crippen LogP contribution in [0.2, 0.25) is 0 Å². The van der Waals surface area contributed by atoms with Gasteiger partial charge in [-0.2, -0.15) is 5.06 Å². The zero-order valence-electron chi connectivity index (χ0n) is 21.0. The Morgan fingerprint density at radius 1 is 1.03 bits per heavy atom. The maximum atomic E-state index is 13.2. The predicted molar refractivity (Wildman–Crippen MR) is 124 cm³/mol. The predicted octanol–water partition coefficient (Wildman–Crippen LogP) is 5.52. The summed E-state index contributed by atoms with van der Waals surface area (Å²) in [4.78, 5) is 26.1. The van der Waals surface area contributed by atoms with E-state index in [4.69, 9.17) is 9.47 Å². The van der Waals surface area contributed by atoms with Gasteiger partial charge in [0, 0.05) is 23.9 Å². The fourth-order valence-corrected chi connectivity index (χ4v) is 4.86. The summed E-state index contributed by atoms with van der Waals surface area (Å²) in [5.41, 5.74) is -1.74. The van der Waals surface area contributed by atoms with Gasteiger partial charge in [0.05, 0.1) is 10.8 Å². The molecule has 1 unspecified atom stereocenters. The highest BCUT2D eigenvalue weighted by Crippen LogP contribution is 2.41. The molecule has 1 aliphatic rings. The fourth-order valence-electron chi connectivity index (χ4n) is 4.86. The second-order valence-corrected chi connectivity index (χ2v) is 11.4. The van der Waals surface area contributed by atoms with Crippen LogP contribution in [-0.2, 0) is 25.7 Å². The van der Waals surface area contributed by atoms with E-state index in [1.54, 1.807) is 0 Å². The Morgan fingerprint density at radius 2 is 1.56 bits per heavy atom. The third-order valence-electron chi connectivity index (χ3n) is 6.75. The Balaban J connectivity index is 2.05. The van der Waals surface area contributed by atoms with Crippen molar-refractivity contribution in [3.63, 3.8) is 0 Å². The summed E-state index contributed by atoms with van der Waals surface area (Å²) in [7, 11) is 0. The summed E-state index contributed by atoms with van der Waals surface area (Å²) in [6.07, 6.45) is 1.67. The minimum Gasteiger partial charge on any atom is -0.462 e. The lowest BCUT2D eigenvalue weighted by Crippen LogP contribution is -2.61. The summed E-state index contributed by atoms with van der Waals surface area (Å²) in [5, 5.41) is 11.9. The van der Waals surface area contributed by atoms with Crippen LogP contribution in [0.25, 0.3) is 0 Å². The van der Waals surface area contributed by atoms with E-state index in [0.717, 1.165) is 5.56 Å². The van der Waals surface area contributed by atoms with Gasteiger partial charge in [0.2, 0.25) is 0 Å². The molecule has 1 saturated heterocycles. The first-order chi connectivity index (χ1) is 14.6. The zero-order chi connectivity index (χ0) is 24.4. The number of carbonyl (C=O) groups excluding carboxylic acids is 2. The molecule has 6 nitrogen and oxygen atoms in total. The number of ether oxygens (including phenoxy) is 2. The number of nitrogens with zero attached hydrogens (tertiary/aromatic N) is 1. The van der Waals surface area contributed by atoms with Crippen molar-refractivity contribution in [3.05, 3.63) is 35.9 Å². The molecule has 1 aromatic rings. The lowest BCUT2D eigenvalue weighted by atomic mass is 9.72. The number of benzene rings is 1. The number of esters is 2. The standard InChI is InChI=1S/C26H41NO5/c1-9-26(8,22(29)31-17-19-13-11-10-12-14-19)18-23(2,3)21(28)32-20-15-24(4,5)27(30)25(6,7)16-20/h10-14,20,30H,9,15-18H2,1-8H3. The van der Waals surface area contributed by atoms with E-state index in [-0.39, 0.29) is 24.6 Å². The highest BCUT2D eigenvalue weighted by Gasteiger charge is 2.48. The third-order valence-corrected chi connectivity index (χ3v) is 6.75. The number of piperidine rings is 1. The van der Waals surface area contributed by atoms with Crippen LogP contribution in [0.15, 0.2) is 30.3 Å². The first-order valence-electron chi connectivity index (χ1n) is 11.5. The number of hydroxylamine groups is 2. The van der Waals surface area contributed by atoms with E-state index >= 15 is 0 Å². The Bertz CT molecular complexity index is 784. The SMILES string of the molecule is CCC(C)(CC(C)(C)C(=O)OC1CC(C)(C)N(O)C(C)(C)C1)C(=O)OCc1ccccc1. The van der Waals surface area contributed by atoms with Crippen LogP contribution in [0.4, 0.5) is 0 Å². The largest absolute Gasteiger partial charge is 0.462 e. The quantitative estimate of drug-likeness (QED) is 0.529. The lowest BCUT2D eigenvalue weighted by molar-refractivity contribution is -0.260. The molecule has 0 bridgehead atoms. The van der Waals surface area contributed by atoms with E-state index in [2.05, 4.69) is 0 Å². The second kappa shape index (κ2) is 9.52. The van der Waals surface area contributed by atoms with E-state index in [9.17, 15) is 14.8 Å². The van der Waals surface area contributed by atoms with Crippen molar-refractivity contribution in [2.24, 2.45) is 10.8 Å². The summed E-state index contributed by atoms with van der Waals surface area (Å²) in [6, 6.07) is 9.57. The van der Waals surface area contributed by atoms with E-state index < -0.39 is 21.9 Å². The monoisotopic (exact) mass is 447 g/mol. The highest BCUT2D eigenvalue weighted by atomic mass is 16.6. The number of carbonyl (C=O) groups is 2. The topological polar surface area (TPSA) is 76.1 Å². The van der Waals surface area contributed by atoms with Crippen LogP contribution in [0.5, 0.6) is 0 Å². The molecule has 0 radical (unpaired) electrons. The van der Waals surface area contributed by atoms with Crippen LogP contribution in [-0.4, -0.2) is 39.4 Å². The first-order valence-corrected chi connectivity index (χ1v) is 11.5. The Hall–Kier alpha value is -1.92. The van der Waals surface area contributed by atoms with E-state index in [0.29, 0.717) is 25.7 Å². The third kappa shape index (κ3) is 6.10. The molecule has 6 heteroatoms. The molecule has 0 amide bonds. The van der Waals surface area contributed by atoms with Crippen molar-refractivity contribution in [3.8, 4) is 0 Å². The van der Waals surface area contributed by atoms with Crippen LogP contribution >= 0.6 is 0 Å². The smallest absolute Gasteiger partial charge is 0.312 e. The van der Waals surface area contributed by atoms with Crippen molar-refractivity contribution >= 4 is 11.9 Å². The molecule has 0 spiro atoms. The molecule has 0 aromatic heterocycles. The van der Waals surface area contributed by atoms with Gasteiger partial charge in [-0.15, -0.1) is 0 Å². The molecule has 1 heterocycles. The van der Waals surface area contributed by atoms with Crippen molar-refractivity contribution in [2.45, 2.75) is 105 Å². The molecule has 0 saturated carbocycles. The molecule has 1 N–H and O–H groups in total. The maximum Gasteiger partial charge on any atom is 0.312 e. The molecule has 1 fully saturated rings. The van der Waals surface area contributed by atoms with Gasteiger partial charge in [0.15, 0.2) is 0 Å². The van der Waals surface area contributed by atoms with Gasteiger partial charge in [0.1, 0.15) is 12.7 Å². The minimum atomic E-state index is -0.860. The van der Waals surface area contributed by atoms with Gasteiger partial charge < -0.3 is 14.7 Å². The van der Waals surface area contributed by atoms with E-state index in [1.807, 2.05) is 85.7 Å². The minimum absolute atomic E-state index is 0.212. The number of hydrogen-bond acceptors (Lipinski definition) is 6. The summed E-state index contributed by atoms with van der Waals surface area (Å²) < 4.78 is 11.5. The van der Waals surface area contributed by atoms with Crippen molar-refractivity contribution in [1.82, 2.24) is 5.06 Å². The molecule has 0 aliphatic carbocycles. The second-order valence-electron chi connectivity index (χ2n) is 11.4. The normalized spacial score (nSPS) is 20.9. The number of hydrogen-bond donors (Lipinski definition) is 1. The van der Waals surface area contributed by atoms with Gasteiger partial charge in [-0.1, -0.05) is 37.3 Å². The van der Waals surface area contributed by atoms with Crippen LogP contribution < -0.4 is 0 Å². The summed E-state index contributed by atoms with van der Waals surface area (Å²) in [5.74, 6) is -0.628. The first kappa shape index (κ1) is 26.3. The Kier molecular flexibility index (Phi) is 7.83. The molecule has 1 aliphatic heterocycles. The molecule has 32 heavy (non-hydrogen) atoms. The average Bonchev–Trinajstić information content (AvgIpc) is 2.70. The van der Waals surface area contributed by atoms with E-state index in [1.165, 1.54) is 5.06 Å². The lowest BCUT2D eigenvalue weighted by Gasteiger charge is -2.51. The summed E-state index contributed by atoms with van der Waals surface area (Å²) >= 11 is 0. The van der Waals surface area contributed by atoms with Gasteiger partial charge in [0.25, 0.3) is 0 Å². The van der Waals surface area contributed by atoms with Crippen LogP contribution in [0.1, 0.15) is 86.6 Å². The highest BCUT2D eigenvalue weighted by molar-refractivity contribution is 5.80. The zero-order valence-corrected chi connectivity index (χ0v) is 21.0. The van der Waals surface area contributed by atoms with Crippen molar-refractivity contribution < 1.29 is 24.3 Å². The van der Waals surface area contributed by atoms with Crippen molar-refractivity contribution in [1.29, 1.82) is 0 Å². The van der Waals surface area contributed by atoms with Gasteiger partial charge in [-0.25, -0.2) is 0 Å². The molecule has 2 rings (SSSR count). The van der Waals surface area contributed by atoms with Gasteiger partial charge in [-0.3, -0.25) is 9.59 Å².